The molecule has 1 aliphatic heterocycles. The summed E-state index contributed by atoms with van der Waals surface area (Å²) >= 11 is 0. The predicted molar refractivity (Wildman–Crippen MR) is 79.1 cm³/mol. The van der Waals surface area contributed by atoms with Crippen LogP contribution in [-0.4, -0.2) is 36.2 Å². The molecular formula is C16H25FN2O. The molecule has 1 heterocycles. The van der Waals surface area contributed by atoms with Crippen molar-refractivity contribution >= 4 is 0 Å². The molecule has 0 aromatic heterocycles. The number of halogens is 1. The lowest BCUT2D eigenvalue weighted by Gasteiger charge is -2.45. The zero-order valence-electron chi connectivity index (χ0n) is 12.8. The average molecular weight is 280 g/mol. The topological polar surface area (TPSA) is 38.5 Å². The number of rotatable bonds is 3. The Hall–Kier alpha value is -0.970. The summed E-state index contributed by atoms with van der Waals surface area (Å²) in [6.45, 7) is 10.3. The minimum atomic E-state index is -0.204. The van der Waals surface area contributed by atoms with Gasteiger partial charge in [0, 0.05) is 25.7 Å². The summed E-state index contributed by atoms with van der Waals surface area (Å²) in [5.41, 5.74) is 7.85. The SMILES string of the molecule is Cc1ccc(F)cc1C(CN)N1CC(C)OC(C)(C)C1. The molecule has 112 valence electrons. The normalized spacial score (nSPS) is 24.6. The fourth-order valence-corrected chi connectivity index (χ4v) is 3.18. The number of morpholine rings is 1. The molecule has 4 heteroatoms. The monoisotopic (exact) mass is 280 g/mol. The van der Waals surface area contributed by atoms with E-state index in [-0.39, 0.29) is 23.6 Å². The van der Waals surface area contributed by atoms with Crippen LogP contribution >= 0.6 is 0 Å². The van der Waals surface area contributed by atoms with Gasteiger partial charge in [-0.3, -0.25) is 4.90 Å². The van der Waals surface area contributed by atoms with E-state index in [0.29, 0.717) is 6.54 Å². The second kappa shape index (κ2) is 5.80. The summed E-state index contributed by atoms with van der Waals surface area (Å²) < 4.78 is 19.5. The lowest BCUT2D eigenvalue weighted by molar-refractivity contribution is -0.137. The van der Waals surface area contributed by atoms with E-state index in [0.717, 1.165) is 24.2 Å². The van der Waals surface area contributed by atoms with Crippen molar-refractivity contribution in [3.8, 4) is 0 Å². The van der Waals surface area contributed by atoms with Gasteiger partial charge in [-0.05, 0) is 51.0 Å². The molecule has 0 spiro atoms. The van der Waals surface area contributed by atoms with Crippen molar-refractivity contribution in [1.29, 1.82) is 0 Å². The number of hydrogen-bond donors (Lipinski definition) is 1. The molecule has 2 atom stereocenters. The highest BCUT2D eigenvalue weighted by Gasteiger charge is 2.35. The van der Waals surface area contributed by atoms with Gasteiger partial charge in [0.05, 0.1) is 11.7 Å². The Kier molecular flexibility index (Phi) is 4.47. The highest BCUT2D eigenvalue weighted by atomic mass is 19.1. The van der Waals surface area contributed by atoms with E-state index in [4.69, 9.17) is 10.5 Å². The third-order valence-corrected chi connectivity index (χ3v) is 3.86. The van der Waals surface area contributed by atoms with Gasteiger partial charge in [0.1, 0.15) is 5.82 Å². The molecule has 2 rings (SSSR count). The molecule has 2 unspecified atom stereocenters. The number of nitrogens with zero attached hydrogens (tertiary/aromatic N) is 1. The number of aryl methyl sites for hydroxylation is 1. The summed E-state index contributed by atoms with van der Waals surface area (Å²) in [6, 6.07) is 4.97. The van der Waals surface area contributed by atoms with Gasteiger partial charge in [-0.1, -0.05) is 6.07 Å². The van der Waals surface area contributed by atoms with Crippen LogP contribution in [0, 0.1) is 12.7 Å². The van der Waals surface area contributed by atoms with E-state index in [9.17, 15) is 4.39 Å². The molecule has 0 radical (unpaired) electrons. The van der Waals surface area contributed by atoms with Gasteiger partial charge in [0.15, 0.2) is 0 Å². The summed E-state index contributed by atoms with van der Waals surface area (Å²) in [5.74, 6) is -0.204. The van der Waals surface area contributed by atoms with Crippen LogP contribution in [0.25, 0.3) is 0 Å². The van der Waals surface area contributed by atoms with E-state index in [1.165, 1.54) is 6.07 Å². The first-order chi connectivity index (χ1) is 9.32. The molecule has 1 aliphatic rings. The molecule has 2 N–H and O–H groups in total. The van der Waals surface area contributed by atoms with E-state index in [1.54, 1.807) is 6.07 Å². The predicted octanol–water partition coefficient (Wildman–Crippen LogP) is 2.63. The third kappa shape index (κ3) is 3.37. The zero-order valence-corrected chi connectivity index (χ0v) is 12.8. The minimum absolute atomic E-state index is 0.0383. The Morgan fingerprint density at radius 3 is 2.80 bits per heavy atom. The smallest absolute Gasteiger partial charge is 0.123 e. The number of ether oxygens (including phenoxy) is 1. The quantitative estimate of drug-likeness (QED) is 0.925. The molecule has 3 nitrogen and oxygen atoms in total. The van der Waals surface area contributed by atoms with Crippen LogP contribution in [0.2, 0.25) is 0 Å². The van der Waals surface area contributed by atoms with E-state index in [1.807, 2.05) is 13.0 Å². The van der Waals surface area contributed by atoms with Crippen LogP contribution in [0.4, 0.5) is 4.39 Å². The molecule has 0 aliphatic carbocycles. The average Bonchev–Trinajstić information content (AvgIpc) is 2.32. The number of hydrogen-bond acceptors (Lipinski definition) is 3. The maximum absolute atomic E-state index is 13.6. The second-order valence-electron chi connectivity index (χ2n) is 6.37. The van der Waals surface area contributed by atoms with E-state index < -0.39 is 0 Å². The van der Waals surface area contributed by atoms with Gasteiger partial charge in [-0.25, -0.2) is 4.39 Å². The maximum Gasteiger partial charge on any atom is 0.123 e. The first-order valence-electron chi connectivity index (χ1n) is 7.20. The lowest BCUT2D eigenvalue weighted by atomic mass is 9.96. The third-order valence-electron chi connectivity index (χ3n) is 3.86. The molecule has 1 aromatic carbocycles. The molecule has 0 bridgehead atoms. The fraction of sp³-hybridized carbons (Fsp3) is 0.625. The lowest BCUT2D eigenvalue weighted by Crippen LogP contribution is -2.54. The second-order valence-corrected chi connectivity index (χ2v) is 6.37. The van der Waals surface area contributed by atoms with Crippen LogP contribution < -0.4 is 5.73 Å². The summed E-state index contributed by atoms with van der Waals surface area (Å²) in [6.07, 6.45) is 0.154. The summed E-state index contributed by atoms with van der Waals surface area (Å²) in [5, 5.41) is 0. The van der Waals surface area contributed by atoms with E-state index >= 15 is 0 Å². The van der Waals surface area contributed by atoms with Crippen LogP contribution in [0.5, 0.6) is 0 Å². The molecule has 0 amide bonds. The van der Waals surface area contributed by atoms with Crippen molar-refractivity contribution in [2.45, 2.75) is 45.4 Å². The van der Waals surface area contributed by atoms with Crippen LogP contribution in [-0.2, 0) is 4.74 Å². The standard InChI is InChI=1S/C16H25FN2O/c1-11-5-6-13(17)7-14(11)15(8-18)19-9-12(2)20-16(3,4)10-19/h5-7,12,15H,8-10,18H2,1-4H3. The fourth-order valence-electron chi connectivity index (χ4n) is 3.18. The van der Waals surface area contributed by atoms with Crippen molar-refractivity contribution in [2.24, 2.45) is 5.73 Å². The van der Waals surface area contributed by atoms with Crippen molar-refractivity contribution in [3.63, 3.8) is 0 Å². The highest BCUT2D eigenvalue weighted by Crippen LogP contribution is 2.30. The Morgan fingerprint density at radius 2 is 2.20 bits per heavy atom. The van der Waals surface area contributed by atoms with Crippen LogP contribution in [0.15, 0.2) is 18.2 Å². The molecule has 1 fully saturated rings. The Morgan fingerprint density at radius 1 is 1.50 bits per heavy atom. The van der Waals surface area contributed by atoms with Crippen LogP contribution in [0.3, 0.4) is 0 Å². The van der Waals surface area contributed by atoms with Crippen LogP contribution in [0.1, 0.15) is 37.9 Å². The molecule has 20 heavy (non-hydrogen) atoms. The Labute approximate surface area is 120 Å². The van der Waals surface area contributed by atoms with Gasteiger partial charge < -0.3 is 10.5 Å². The molecule has 0 saturated carbocycles. The maximum atomic E-state index is 13.6. The Balaban J connectivity index is 2.29. The number of benzene rings is 1. The first kappa shape index (κ1) is 15.4. The summed E-state index contributed by atoms with van der Waals surface area (Å²) in [4.78, 5) is 2.32. The van der Waals surface area contributed by atoms with Gasteiger partial charge in [-0.2, -0.15) is 0 Å². The molecule has 1 aromatic rings. The Bertz CT molecular complexity index is 476. The minimum Gasteiger partial charge on any atom is -0.370 e. The van der Waals surface area contributed by atoms with Crippen molar-refractivity contribution in [1.82, 2.24) is 4.90 Å². The molecule has 1 saturated heterocycles. The first-order valence-corrected chi connectivity index (χ1v) is 7.20. The van der Waals surface area contributed by atoms with Gasteiger partial charge in [0.2, 0.25) is 0 Å². The van der Waals surface area contributed by atoms with Crippen molar-refractivity contribution in [2.75, 3.05) is 19.6 Å². The highest BCUT2D eigenvalue weighted by molar-refractivity contribution is 5.30. The number of nitrogens with two attached hydrogens (primary N) is 1. The van der Waals surface area contributed by atoms with Gasteiger partial charge >= 0.3 is 0 Å². The van der Waals surface area contributed by atoms with Crippen molar-refractivity contribution < 1.29 is 9.13 Å². The van der Waals surface area contributed by atoms with Gasteiger partial charge in [0.25, 0.3) is 0 Å². The van der Waals surface area contributed by atoms with E-state index in [2.05, 4.69) is 25.7 Å². The molecular weight excluding hydrogens is 255 g/mol. The van der Waals surface area contributed by atoms with Gasteiger partial charge in [-0.15, -0.1) is 0 Å². The largest absolute Gasteiger partial charge is 0.370 e. The summed E-state index contributed by atoms with van der Waals surface area (Å²) in [7, 11) is 0. The van der Waals surface area contributed by atoms with Crippen molar-refractivity contribution in [3.05, 3.63) is 35.1 Å². The zero-order chi connectivity index (χ0) is 14.9.